The van der Waals surface area contributed by atoms with Gasteiger partial charge < -0.3 is 15.1 Å². The van der Waals surface area contributed by atoms with Gasteiger partial charge in [-0.05, 0) is 60.7 Å². The van der Waals surface area contributed by atoms with E-state index in [1.54, 1.807) is 11.1 Å². The van der Waals surface area contributed by atoms with Crippen molar-refractivity contribution in [2.24, 2.45) is 0 Å². The largest absolute Gasteiger partial charge is 0.368 e. The summed E-state index contributed by atoms with van der Waals surface area (Å²) >= 11 is 1.47. The molecule has 182 valence electrons. The van der Waals surface area contributed by atoms with Crippen LogP contribution in [0.5, 0.6) is 0 Å². The summed E-state index contributed by atoms with van der Waals surface area (Å²) in [7, 11) is 0. The lowest BCUT2D eigenvalue weighted by molar-refractivity contribution is -0.113. The van der Waals surface area contributed by atoms with Crippen molar-refractivity contribution in [3.63, 3.8) is 0 Å². The lowest BCUT2D eigenvalue weighted by atomic mass is 10.1. The van der Waals surface area contributed by atoms with Gasteiger partial charge >= 0.3 is 0 Å². The molecule has 8 heteroatoms. The molecule has 1 aromatic heterocycles. The minimum absolute atomic E-state index is 0.0754. The fourth-order valence-electron chi connectivity index (χ4n) is 4.23. The number of hydrogen-bond donors (Lipinski definition) is 1. The van der Waals surface area contributed by atoms with Crippen LogP contribution in [0.1, 0.15) is 10.4 Å². The summed E-state index contributed by atoms with van der Waals surface area (Å²) in [6.45, 7) is 2.59. The monoisotopic (exact) mass is 500 g/mol. The number of halogens is 1. The maximum atomic E-state index is 13.1. The Kier molecular flexibility index (Phi) is 7.13. The first-order valence-corrected chi connectivity index (χ1v) is 12.7. The van der Waals surface area contributed by atoms with Crippen LogP contribution in [0.15, 0.2) is 90.0 Å². The number of aromatic nitrogens is 1. The Morgan fingerprint density at radius 1 is 0.889 bits per heavy atom. The van der Waals surface area contributed by atoms with Gasteiger partial charge in [0.05, 0.1) is 11.3 Å². The topological polar surface area (TPSA) is 65.5 Å². The minimum atomic E-state index is -0.350. The van der Waals surface area contributed by atoms with Gasteiger partial charge in [0, 0.05) is 59.6 Å². The molecule has 2 amide bonds. The van der Waals surface area contributed by atoms with Crippen LogP contribution >= 0.6 is 11.8 Å². The van der Waals surface area contributed by atoms with Gasteiger partial charge in [0.1, 0.15) is 5.82 Å². The summed E-state index contributed by atoms with van der Waals surface area (Å²) in [5, 5.41) is 4.01. The van der Waals surface area contributed by atoms with E-state index >= 15 is 0 Å². The summed E-state index contributed by atoms with van der Waals surface area (Å²) in [4.78, 5) is 34.6. The van der Waals surface area contributed by atoms with Crippen LogP contribution in [0.4, 0.5) is 15.8 Å². The van der Waals surface area contributed by atoms with E-state index in [-0.39, 0.29) is 17.6 Å². The summed E-state index contributed by atoms with van der Waals surface area (Å²) in [5.74, 6) is -0.211. The number of pyridine rings is 1. The van der Waals surface area contributed by atoms with E-state index in [9.17, 15) is 14.0 Å². The molecule has 0 radical (unpaired) electrons. The molecule has 1 N–H and O–H groups in total. The van der Waals surface area contributed by atoms with Crippen LogP contribution in [0.25, 0.3) is 10.9 Å². The Morgan fingerprint density at radius 3 is 2.36 bits per heavy atom. The van der Waals surface area contributed by atoms with Crippen molar-refractivity contribution in [3.8, 4) is 0 Å². The maximum Gasteiger partial charge on any atom is 0.253 e. The number of hydrogen-bond acceptors (Lipinski definition) is 5. The van der Waals surface area contributed by atoms with Gasteiger partial charge in [-0.1, -0.05) is 18.2 Å². The lowest BCUT2D eigenvalue weighted by Gasteiger charge is -2.36. The van der Waals surface area contributed by atoms with Crippen molar-refractivity contribution in [2.75, 3.05) is 42.1 Å². The standard InChI is InChI=1S/C28H25FN4O2S/c29-22-8-6-21(7-9-22)28(35)33-17-15-32(16-18-33)24-12-10-23(11-13-24)31-26(34)19-36-25-5-1-3-20-4-2-14-30-27(20)25/h1-14H,15-19H2,(H,31,34). The number of fused-ring (bicyclic) bond motifs is 1. The molecule has 4 aromatic rings. The number of nitrogens with zero attached hydrogens (tertiary/aromatic N) is 3. The van der Waals surface area contributed by atoms with E-state index in [1.165, 1.54) is 36.0 Å². The van der Waals surface area contributed by atoms with Crippen LogP contribution in [0, 0.1) is 5.82 Å². The lowest BCUT2D eigenvalue weighted by Crippen LogP contribution is -2.48. The second-order valence-electron chi connectivity index (χ2n) is 8.50. The molecule has 5 rings (SSSR count). The summed E-state index contributed by atoms with van der Waals surface area (Å²) in [5.41, 5.74) is 3.19. The number of amides is 2. The zero-order valence-corrected chi connectivity index (χ0v) is 20.4. The molecule has 1 aliphatic heterocycles. The highest BCUT2D eigenvalue weighted by Crippen LogP contribution is 2.26. The number of thioether (sulfide) groups is 1. The predicted octanol–water partition coefficient (Wildman–Crippen LogP) is 5.07. The van der Waals surface area contributed by atoms with E-state index in [0.717, 1.165) is 27.2 Å². The van der Waals surface area contributed by atoms with E-state index in [0.29, 0.717) is 37.5 Å². The Bertz CT molecular complexity index is 1370. The third kappa shape index (κ3) is 5.49. The first-order valence-electron chi connectivity index (χ1n) is 11.7. The summed E-state index contributed by atoms with van der Waals surface area (Å²) in [6, 6.07) is 23.3. The molecule has 0 saturated carbocycles. The Balaban J connectivity index is 1.12. The Labute approximate surface area is 213 Å². The van der Waals surface area contributed by atoms with Crippen LogP contribution in [0.2, 0.25) is 0 Å². The van der Waals surface area contributed by atoms with E-state index in [1.807, 2.05) is 54.6 Å². The Morgan fingerprint density at radius 2 is 1.61 bits per heavy atom. The molecule has 1 fully saturated rings. The molecule has 0 unspecified atom stereocenters. The normalized spacial score (nSPS) is 13.6. The van der Waals surface area contributed by atoms with Gasteiger partial charge in [0.2, 0.25) is 5.91 Å². The number of piperazine rings is 1. The van der Waals surface area contributed by atoms with Crippen LogP contribution in [-0.2, 0) is 4.79 Å². The molecule has 36 heavy (non-hydrogen) atoms. The average Bonchev–Trinajstić information content (AvgIpc) is 2.92. The second kappa shape index (κ2) is 10.8. The molecular weight excluding hydrogens is 475 g/mol. The number of carbonyl (C=O) groups is 2. The van der Waals surface area contributed by atoms with E-state index in [4.69, 9.17) is 0 Å². The van der Waals surface area contributed by atoms with Crippen LogP contribution < -0.4 is 10.2 Å². The van der Waals surface area contributed by atoms with Crippen molar-refractivity contribution >= 4 is 45.9 Å². The van der Waals surface area contributed by atoms with E-state index < -0.39 is 0 Å². The zero-order chi connectivity index (χ0) is 24.9. The number of benzene rings is 3. The second-order valence-corrected chi connectivity index (χ2v) is 9.52. The molecule has 0 bridgehead atoms. The van der Waals surface area contributed by atoms with Gasteiger partial charge in [-0.15, -0.1) is 11.8 Å². The number of rotatable bonds is 6. The third-order valence-electron chi connectivity index (χ3n) is 6.13. The van der Waals surface area contributed by atoms with Crippen molar-refractivity contribution in [3.05, 3.63) is 96.4 Å². The number of para-hydroxylation sites is 1. The molecule has 1 aliphatic rings. The quantitative estimate of drug-likeness (QED) is 0.375. The van der Waals surface area contributed by atoms with Crippen LogP contribution in [-0.4, -0.2) is 53.6 Å². The van der Waals surface area contributed by atoms with Crippen molar-refractivity contribution in [1.82, 2.24) is 9.88 Å². The maximum absolute atomic E-state index is 13.1. The Hall–Kier alpha value is -3.91. The molecule has 6 nitrogen and oxygen atoms in total. The van der Waals surface area contributed by atoms with Gasteiger partial charge in [-0.25, -0.2) is 4.39 Å². The average molecular weight is 501 g/mol. The van der Waals surface area contributed by atoms with Gasteiger partial charge in [-0.2, -0.15) is 0 Å². The van der Waals surface area contributed by atoms with Crippen molar-refractivity contribution < 1.29 is 14.0 Å². The molecule has 1 saturated heterocycles. The number of nitrogens with one attached hydrogen (secondary N) is 1. The first-order chi connectivity index (χ1) is 17.6. The highest BCUT2D eigenvalue weighted by atomic mass is 32.2. The first kappa shape index (κ1) is 23.8. The summed E-state index contributed by atoms with van der Waals surface area (Å²) < 4.78 is 13.1. The van der Waals surface area contributed by atoms with E-state index in [2.05, 4.69) is 15.2 Å². The highest BCUT2D eigenvalue weighted by molar-refractivity contribution is 8.00. The van der Waals surface area contributed by atoms with Gasteiger partial charge in [-0.3, -0.25) is 14.6 Å². The third-order valence-corrected chi connectivity index (χ3v) is 7.18. The fourth-order valence-corrected chi connectivity index (χ4v) is 5.07. The highest BCUT2D eigenvalue weighted by Gasteiger charge is 2.22. The summed E-state index contributed by atoms with van der Waals surface area (Å²) in [6.07, 6.45) is 1.76. The predicted molar refractivity (Wildman–Crippen MR) is 142 cm³/mol. The minimum Gasteiger partial charge on any atom is -0.368 e. The van der Waals surface area contributed by atoms with Crippen molar-refractivity contribution in [1.29, 1.82) is 0 Å². The number of carbonyl (C=O) groups excluding carboxylic acids is 2. The van der Waals surface area contributed by atoms with Crippen LogP contribution in [0.3, 0.4) is 0 Å². The molecule has 2 heterocycles. The van der Waals surface area contributed by atoms with Gasteiger partial charge in [0.15, 0.2) is 0 Å². The van der Waals surface area contributed by atoms with Gasteiger partial charge in [0.25, 0.3) is 5.91 Å². The molecule has 0 aliphatic carbocycles. The zero-order valence-electron chi connectivity index (χ0n) is 19.6. The molecule has 3 aromatic carbocycles. The SMILES string of the molecule is O=C(CSc1cccc2cccnc12)Nc1ccc(N2CCN(C(=O)c3ccc(F)cc3)CC2)cc1. The fraction of sp³-hybridized carbons (Fsp3) is 0.179. The molecule has 0 spiro atoms. The molecule has 0 atom stereocenters. The van der Waals surface area contributed by atoms with Crippen molar-refractivity contribution in [2.45, 2.75) is 4.90 Å². The smallest absolute Gasteiger partial charge is 0.253 e. The molecular formula is C28H25FN4O2S. The number of anilines is 2.